The summed E-state index contributed by atoms with van der Waals surface area (Å²) in [4.78, 5) is 4.91. The van der Waals surface area contributed by atoms with Crippen LogP contribution in [0.2, 0.25) is 0 Å². The molecule has 104 valence electrons. The summed E-state index contributed by atoms with van der Waals surface area (Å²) < 4.78 is 0.798. The number of nitrogens with zero attached hydrogens (tertiary/aromatic N) is 2. The molecule has 0 aromatic rings. The molecule has 2 nitrogen and oxygen atoms in total. The summed E-state index contributed by atoms with van der Waals surface area (Å²) in [5.41, 5.74) is 0. The maximum absolute atomic E-state index is 5.31. The topological polar surface area (TPSA) is 6.48 Å². The van der Waals surface area contributed by atoms with Crippen LogP contribution in [0.5, 0.6) is 0 Å². The Labute approximate surface area is 123 Å². The first kappa shape index (κ1) is 14.6. The SMILES string of the molecule is CCN1CCN(C(=S)S)C(CC2CCCCC2)C1. The molecule has 0 aromatic heterocycles. The van der Waals surface area contributed by atoms with E-state index in [-0.39, 0.29) is 0 Å². The van der Waals surface area contributed by atoms with Gasteiger partial charge >= 0.3 is 0 Å². The summed E-state index contributed by atoms with van der Waals surface area (Å²) in [6.45, 7) is 6.79. The highest BCUT2D eigenvalue weighted by atomic mass is 32.1. The molecule has 1 heterocycles. The zero-order chi connectivity index (χ0) is 13.0. The van der Waals surface area contributed by atoms with Gasteiger partial charge in [-0.1, -0.05) is 51.2 Å². The fraction of sp³-hybridized carbons (Fsp3) is 0.929. The number of thiocarbonyl (C=S) groups is 1. The predicted octanol–water partition coefficient (Wildman–Crippen LogP) is 3.18. The number of hydrogen-bond donors (Lipinski definition) is 1. The van der Waals surface area contributed by atoms with E-state index in [1.165, 1.54) is 45.1 Å². The van der Waals surface area contributed by atoms with Crippen molar-refractivity contribution in [1.82, 2.24) is 9.80 Å². The fourth-order valence-corrected chi connectivity index (χ4v) is 3.97. The lowest BCUT2D eigenvalue weighted by Crippen LogP contribution is -2.54. The van der Waals surface area contributed by atoms with Gasteiger partial charge < -0.3 is 4.90 Å². The van der Waals surface area contributed by atoms with Gasteiger partial charge in [-0.3, -0.25) is 4.90 Å². The molecule has 1 aliphatic heterocycles. The molecular weight excluding hydrogens is 260 g/mol. The van der Waals surface area contributed by atoms with Crippen LogP contribution in [0.15, 0.2) is 0 Å². The van der Waals surface area contributed by atoms with E-state index in [2.05, 4.69) is 29.4 Å². The Morgan fingerprint density at radius 1 is 1.22 bits per heavy atom. The minimum Gasteiger partial charge on any atom is -0.352 e. The van der Waals surface area contributed by atoms with Crippen LogP contribution in [0, 0.1) is 5.92 Å². The van der Waals surface area contributed by atoms with Crippen LogP contribution in [-0.2, 0) is 0 Å². The molecule has 0 radical (unpaired) electrons. The van der Waals surface area contributed by atoms with Crippen LogP contribution in [0.25, 0.3) is 0 Å². The number of rotatable bonds is 3. The quantitative estimate of drug-likeness (QED) is 0.629. The smallest absolute Gasteiger partial charge is 0.133 e. The molecule has 1 saturated heterocycles. The van der Waals surface area contributed by atoms with E-state index >= 15 is 0 Å². The van der Waals surface area contributed by atoms with Gasteiger partial charge in [0.15, 0.2) is 0 Å². The van der Waals surface area contributed by atoms with Crippen molar-refractivity contribution in [3.8, 4) is 0 Å². The van der Waals surface area contributed by atoms with Gasteiger partial charge in [-0.25, -0.2) is 0 Å². The molecule has 0 N–H and O–H groups in total. The van der Waals surface area contributed by atoms with Gasteiger partial charge in [0.1, 0.15) is 4.32 Å². The lowest BCUT2D eigenvalue weighted by atomic mass is 9.84. The second-order valence-electron chi connectivity index (χ2n) is 5.76. The maximum atomic E-state index is 5.31. The number of piperazine rings is 1. The number of hydrogen-bond acceptors (Lipinski definition) is 2. The summed E-state index contributed by atoms with van der Waals surface area (Å²) in [5.74, 6) is 0.922. The van der Waals surface area contributed by atoms with Crippen LogP contribution in [0.3, 0.4) is 0 Å². The molecule has 18 heavy (non-hydrogen) atoms. The number of thiol groups is 1. The van der Waals surface area contributed by atoms with Crippen molar-refractivity contribution in [3.63, 3.8) is 0 Å². The monoisotopic (exact) mass is 286 g/mol. The van der Waals surface area contributed by atoms with Gasteiger partial charge in [0.05, 0.1) is 0 Å². The van der Waals surface area contributed by atoms with Crippen molar-refractivity contribution in [2.45, 2.75) is 51.5 Å². The highest BCUT2D eigenvalue weighted by Crippen LogP contribution is 2.30. The van der Waals surface area contributed by atoms with E-state index < -0.39 is 0 Å². The first-order chi connectivity index (χ1) is 8.70. The van der Waals surface area contributed by atoms with Crippen molar-refractivity contribution < 1.29 is 0 Å². The molecule has 2 rings (SSSR count). The molecule has 4 heteroatoms. The molecule has 2 aliphatic rings. The molecule has 1 aliphatic carbocycles. The molecule has 2 fully saturated rings. The van der Waals surface area contributed by atoms with Crippen molar-refractivity contribution in [3.05, 3.63) is 0 Å². The summed E-state index contributed by atoms with van der Waals surface area (Å²) in [6.07, 6.45) is 8.47. The Hall–Kier alpha value is 0.200. The largest absolute Gasteiger partial charge is 0.352 e. The van der Waals surface area contributed by atoms with Crippen molar-refractivity contribution in [1.29, 1.82) is 0 Å². The van der Waals surface area contributed by atoms with Crippen LogP contribution < -0.4 is 0 Å². The minimum absolute atomic E-state index is 0.604. The molecule has 1 unspecified atom stereocenters. The third kappa shape index (κ3) is 3.84. The fourth-order valence-electron chi connectivity index (χ4n) is 3.47. The van der Waals surface area contributed by atoms with E-state index in [0.717, 1.165) is 29.9 Å². The van der Waals surface area contributed by atoms with Crippen molar-refractivity contribution in [2.24, 2.45) is 5.92 Å². The molecule has 1 saturated carbocycles. The van der Waals surface area contributed by atoms with Gasteiger partial charge in [-0.15, -0.1) is 12.6 Å². The Morgan fingerprint density at radius 3 is 2.56 bits per heavy atom. The summed E-state index contributed by atoms with van der Waals surface area (Å²) in [6, 6.07) is 0.604. The summed E-state index contributed by atoms with van der Waals surface area (Å²) >= 11 is 9.72. The molecule has 1 atom stereocenters. The highest BCUT2D eigenvalue weighted by Gasteiger charge is 2.29. The molecule has 0 amide bonds. The molecule has 0 spiro atoms. The third-order valence-corrected chi connectivity index (χ3v) is 5.08. The second kappa shape index (κ2) is 7.11. The standard InChI is InChI=1S/C14H26N2S2/c1-2-15-8-9-16(14(17)18)13(11-15)10-12-6-4-3-5-7-12/h12-13H,2-11H2,1H3,(H,17,18). The van der Waals surface area contributed by atoms with Gasteiger partial charge in [0, 0.05) is 25.7 Å². The molecular formula is C14H26N2S2. The lowest BCUT2D eigenvalue weighted by Gasteiger charge is -2.43. The predicted molar refractivity (Wildman–Crippen MR) is 85.4 cm³/mol. The Bertz CT molecular complexity index is 277. The van der Waals surface area contributed by atoms with E-state index in [0.29, 0.717) is 6.04 Å². The average molecular weight is 287 g/mol. The Balaban J connectivity index is 1.93. The summed E-state index contributed by atoms with van der Waals surface area (Å²) in [5, 5.41) is 0. The van der Waals surface area contributed by atoms with Crippen LogP contribution in [0.1, 0.15) is 45.4 Å². The normalized spacial score (nSPS) is 27.4. The van der Waals surface area contributed by atoms with Gasteiger partial charge in [0.25, 0.3) is 0 Å². The molecule has 0 bridgehead atoms. The van der Waals surface area contributed by atoms with Crippen LogP contribution in [-0.4, -0.2) is 46.3 Å². The zero-order valence-corrected chi connectivity index (χ0v) is 13.2. The zero-order valence-electron chi connectivity index (χ0n) is 11.5. The third-order valence-electron chi connectivity index (χ3n) is 4.59. The van der Waals surface area contributed by atoms with Crippen LogP contribution in [0.4, 0.5) is 0 Å². The first-order valence-electron chi connectivity index (χ1n) is 7.42. The Kier molecular flexibility index (Phi) is 5.77. The number of likely N-dealkylation sites (N-methyl/N-ethyl adjacent to an activating group) is 1. The summed E-state index contributed by atoms with van der Waals surface area (Å²) in [7, 11) is 0. The van der Waals surface area contributed by atoms with E-state index in [1.807, 2.05) is 0 Å². The van der Waals surface area contributed by atoms with Gasteiger partial charge in [-0.2, -0.15) is 0 Å². The van der Waals surface area contributed by atoms with Crippen molar-refractivity contribution >= 4 is 29.2 Å². The van der Waals surface area contributed by atoms with Gasteiger partial charge in [0.2, 0.25) is 0 Å². The average Bonchev–Trinajstić information content (AvgIpc) is 2.39. The lowest BCUT2D eigenvalue weighted by molar-refractivity contribution is 0.112. The van der Waals surface area contributed by atoms with Gasteiger partial charge in [-0.05, 0) is 18.9 Å². The maximum Gasteiger partial charge on any atom is 0.133 e. The molecule has 0 aromatic carbocycles. The van der Waals surface area contributed by atoms with Crippen molar-refractivity contribution in [2.75, 3.05) is 26.2 Å². The van der Waals surface area contributed by atoms with E-state index in [4.69, 9.17) is 12.2 Å². The minimum atomic E-state index is 0.604. The van der Waals surface area contributed by atoms with Crippen LogP contribution >= 0.6 is 24.8 Å². The van der Waals surface area contributed by atoms with E-state index in [1.54, 1.807) is 0 Å². The second-order valence-corrected chi connectivity index (χ2v) is 6.88. The first-order valence-corrected chi connectivity index (χ1v) is 8.28. The van der Waals surface area contributed by atoms with E-state index in [9.17, 15) is 0 Å². The Morgan fingerprint density at radius 2 is 1.94 bits per heavy atom. The highest BCUT2D eigenvalue weighted by molar-refractivity contribution is 8.10.